The van der Waals surface area contributed by atoms with Crippen molar-refractivity contribution in [3.63, 3.8) is 0 Å². The number of methoxy groups -OCH3 is 1. The second-order valence-electron chi connectivity index (χ2n) is 7.13. The summed E-state index contributed by atoms with van der Waals surface area (Å²) >= 11 is 0. The molecule has 4 aromatic rings. The van der Waals surface area contributed by atoms with Crippen LogP contribution in [-0.4, -0.2) is 67.4 Å². The molecule has 154 valence electrons. The lowest BCUT2D eigenvalue weighted by Gasteiger charge is -2.26. The van der Waals surface area contributed by atoms with Crippen molar-refractivity contribution in [3.05, 3.63) is 58.5 Å². The number of morpholine rings is 1. The highest BCUT2D eigenvalue weighted by molar-refractivity contribution is 5.84. The van der Waals surface area contributed by atoms with Gasteiger partial charge in [-0.15, -0.1) is 0 Å². The number of hydrogen-bond acceptors (Lipinski definition) is 8. The molecule has 0 aliphatic carbocycles. The average molecular weight is 407 g/mol. The van der Waals surface area contributed by atoms with Gasteiger partial charge in [0.25, 0.3) is 0 Å². The van der Waals surface area contributed by atoms with E-state index in [1.807, 2.05) is 24.3 Å². The highest BCUT2D eigenvalue weighted by atomic mass is 16.5. The van der Waals surface area contributed by atoms with Crippen LogP contribution in [0.4, 0.5) is 0 Å². The molecule has 1 fully saturated rings. The molecule has 5 rings (SSSR count). The number of hydrogen-bond donors (Lipinski definition) is 0. The largest absolute Gasteiger partial charge is 0.497 e. The smallest absolute Gasteiger partial charge is 0.352 e. The topological polar surface area (TPSA) is 99.7 Å². The summed E-state index contributed by atoms with van der Waals surface area (Å²) < 4.78 is 13.5. The van der Waals surface area contributed by atoms with Crippen LogP contribution in [0.2, 0.25) is 0 Å². The summed E-state index contributed by atoms with van der Waals surface area (Å²) in [4.78, 5) is 29.0. The zero-order chi connectivity index (χ0) is 20.5. The van der Waals surface area contributed by atoms with Gasteiger partial charge in [-0.25, -0.2) is 19.7 Å². The third kappa shape index (κ3) is 3.40. The first kappa shape index (κ1) is 18.6. The predicted octanol–water partition coefficient (Wildman–Crippen LogP) is 0.723. The molecule has 10 nitrogen and oxygen atoms in total. The number of nitrogens with zero attached hydrogens (tertiary/aromatic N) is 7. The molecule has 0 saturated carbocycles. The highest BCUT2D eigenvalue weighted by Crippen LogP contribution is 2.17. The van der Waals surface area contributed by atoms with Gasteiger partial charge in [0.15, 0.2) is 16.8 Å². The van der Waals surface area contributed by atoms with Crippen molar-refractivity contribution >= 4 is 16.8 Å². The van der Waals surface area contributed by atoms with Crippen LogP contribution in [-0.2, 0) is 17.8 Å². The molecule has 0 unspecified atom stereocenters. The predicted molar refractivity (Wildman–Crippen MR) is 109 cm³/mol. The number of fused-ring (bicyclic) bond motifs is 3. The molecule has 0 N–H and O–H groups in total. The van der Waals surface area contributed by atoms with E-state index in [0.717, 1.165) is 43.3 Å². The molecular weight excluding hydrogens is 386 g/mol. The third-order valence-corrected chi connectivity index (χ3v) is 5.22. The first-order valence-corrected chi connectivity index (χ1v) is 9.74. The van der Waals surface area contributed by atoms with E-state index in [-0.39, 0.29) is 5.69 Å². The molecule has 1 aromatic carbocycles. The fourth-order valence-corrected chi connectivity index (χ4v) is 3.64. The molecule has 3 aromatic heterocycles. The lowest BCUT2D eigenvalue weighted by Crippen LogP contribution is -2.36. The van der Waals surface area contributed by atoms with Crippen molar-refractivity contribution in [2.75, 3.05) is 33.4 Å². The Kier molecular flexibility index (Phi) is 4.85. The Morgan fingerprint density at radius 3 is 2.63 bits per heavy atom. The highest BCUT2D eigenvalue weighted by Gasteiger charge is 2.17. The first-order chi connectivity index (χ1) is 14.7. The van der Waals surface area contributed by atoms with E-state index in [4.69, 9.17) is 14.5 Å². The Hall–Kier alpha value is -3.37. The number of ether oxygens (including phenoxy) is 2. The van der Waals surface area contributed by atoms with Crippen LogP contribution in [0.5, 0.6) is 5.75 Å². The van der Waals surface area contributed by atoms with Gasteiger partial charge >= 0.3 is 5.69 Å². The van der Waals surface area contributed by atoms with Crippen molar-refractivity contribution in [1.29, 1.82) is 0 Å². The molecule has 30 heavy (non-hydrogen) atoms. The Morgan fingerprint density at radius 1 is 1.07 bits per heavy atom. The lowest BCUT2D eigenvalue weighted by molar-refractivity contribution is 0.0336. The van der Waals surface area contributed by atoms with Crippen molar-refractivity contribution in [1.82, 2.24) is 34.0 Å². The number of rotatable bonds is 5. The van der Waals surface area contributed by atoms with Gasteiger partial charge in [-0.3, -0.25) is 9.47 Å². The van der Waals surface area contributed by atoms with E-state index < -0.39 is 0 Å². The van der Waals surface area contributed by atoms with Crippen LogP contribution in [0.15, 0.2) is 41.6 Å². The number of aromatic nitrogens is 6. The maximum Gasteiger partial charge on any atom is 0.352 e. The summed E-state index contributed by atoms with van der Waals surface area (Å²) in [5, 5.41) is 4.10. The first-order valence-electron chi connectivity index (χ1n) is 9.74. The monoisotopic (exact) mass is 407 g/mol. The van der Waals surface area contributed by atoms with Gasteiger partial charge in [0.1, 0.15) is 12.1 Å². The maximum absolute atomic E-state index is 13.0. The molecule has 0 spiro atoms. The zero-order valence-corrected chi connectivity index (χ0v) is 16.6. The van der Waals surface area contributed by atoms with Gasteiger partial charge in [-0.05, 0) is 17.7 Å². The van der Waals surface area contributed by atoms with Crippen molar-refractivity contribution < 1.29 is 9.47 Å². The van der Waals surface area contributed by atoms with Gasteiger partial charge in [-0.2, -0.15) is 9.61 Å². The third-order valence-electron chi connectivity index (χ3n) is 5.22. The number of benzene rings is 1. The molecule has 0 bridgehead atoms. The quantitative estimate of drug-likeness (QED) is 0.477. The van der Waals surface area contributed by atoms with Crippen LogP contribution < -0.4 is 10.4 Å². The summed E-state index contributed by atoms with van der Waals surface area (Å²) in [5.74, 6) is 0.759. The van der Waals surface area contributed by atoms with E-state index >= 15 is 0 Å². The summed E-state index contributed by atoms with van der Waals surface area (Å²) in [6, 6.07) is 7.57. The standard InChI is InChI=1S/C20H21N7O3/c1-29-16-4-2-14(3-5-16)11-26-18-17(19-22-13-23-27(19)20(26)28)24-15(10-21-18)12-25-6-8-30-9-7-25/h2-5,10,13H,6-9,11-12H2,1H3. The Morgan fingerprint density at radius 2 is 1.87 bits per heavy atom. The average Bonchev–Trinajstić information content (AvgIpc) is 3.28. The molecule has 0 amide bonds. The molecule has 1 aliphatic heterocycles. The molecule has 4 heterocycles. The summed E-state index contributed by atoms with van der Waals surface area (Å²) in [6.07, 6.45) is 3.10. The fourth-order valence-electron chi connectivity index (χ4n) is 3.64. The van der Waals surface area contributed by atoms with Gasteiger partial charge in [0, 0.05) is 19.6 Å². The van der Waals surface area contributed by atoms with Crippen LogP contribution in [0.3, 0.4) is 0 Å². The molecule has 1 saturated heterocycles. The van der Waals surface area contributed by atoms with Crippen LogP contribution >= 0.6 is 0 Å². The van der Waals surface area contributed by atoms with Crippen molar-refractivity contribution in [3.8, 4) is 5.75 Å². The minimum absolute atomic E-state index is 0.305. The van der Waals surface area contributed by atoms with Crippen LogP contribution in [0, 0.1) is 0 Å². The fraction of sp³-hybridized carbons (Fsp3) is 0.350. The molecule has 0 radical (unpaired) electrons. The SMILES string of the molecule is COc1ccc(Cn2c(=O)n3ncnc3c3nc(CN4CCOCC4)cnc32)cc1. The van der Waals surface area contributed by atoms with Crippen molar-refractivity contribution in [2.24, 2.45) is 0 Å². The minimum atomic E-state index is -0.305. The Balaban J connectivity index is 1.58. The molecule has 0 atom stereocenters. The van der Waals surface area contributed by atoms with Crippen molar-refractivity contribution in [2.45, 2.75) is 13.1 Å². The normalized spacial score (nSPS) is 15.1. The van der Waals surface area contributed by atoms with Gasteiger partial charge in [0.2, 0.25) is 0 Å². The van der Waals surface area contributed by atoms with E-state index in [1.54, 1.807) is 17.9 Å². The minimum Gasteiger partial charge on any atom is -0.497 e. The van der Waals surface area contributed by atoms with E-state index in [2.05, 4.69) is 20.0 Å². The van der Waals surface area contributed by atoms with Crippen LogP contribution in [0.1, 0.15) is 11.3 Å². The summed E-state index contributed by atoms with van der Waals surface area (Å²) in [5.41, 5.74) is 2.92. The molecular formula is C20H21N7O3. The summed E-state index contributed by atoms with van der Waals surface area (Å²) in [7, 11) is 1.62. The van der Waals surface area contributed by atoms with Crippen LogP contribution in [0.25, 0.3) is 16.8 Å². The van der Waals surface area contributed by atoms with E-state index in [0.29, 0.717) is 29.9 Å². The van der Waals surface area contributed by atoms with E-state index in [1.165, 1.54) is 10.8 Å². The lowest BCUT2D eigenvalue weighted by atomic mass is 10.2. The second-order valence-corrected chi connectivity index (χ2v) is 7.13. The van der Waals surface area contributed by atoms with E-state index in [9.17, 15) is 4.79 Å². The molecule has 1 aliphatic rings. The van der Waals surface area contributed by atoms with Gasteiger partial charge in [0.05, 0.1) is 38.8 Å². The second kappa shape index (κ2) is 7.81. The maximum atomic E-state index is 13.0. The van der Waals surface area contributed by atoms with Gasteiger partial charge in [-0.1, -0.05) is 12.1 Å². The Labute approximate surface area is 171 Å². The zero-order valence-electron chi connectivity index (χ0n) is 16.6. The van der Waals surface area contributed by atoms with Gasteiger partial charge < -0.3 is 9.47 Å². The Bertz CT molecular complexity index is 1240. The molecule has 10 heteroatoms. The summed E-state index contributed by atoms with van der Waals surface area (Å²) in [6.45, 7) is 4.17.